The van der Waals surface area contributed by atoms with Crippen LogP contribution in [0.4, 0.5) is 5.82 Å². The van der Waals surface area contributed by atoms with Crippen LogP contribution < -0.4 is 9.64 Å². The molecular formula is C20H31N3O2. The second-order valence-corrected chi connectivity index (χ2v) is 7.98. The van der Waals surface area contributed by atoms with Crippen LogP contribution in [-0.4, -0.2) is 59.9 Å². The molecule has 5 nitrogen and oxygen atoms in total. The number of hydrogen-bond donors (Lipinski definition) is 1. The molecule has 0 amide bonds. The fraction of sp³-hybridized carbons (Fsp3) is 0.750. The number of nitrogens with zero attached hydrogens (tertiary/aromatic N) is 3. The SMILES string of the molecule is OC1CCC(CN2CCC(Oc3cccnc3N3CCCC3)C2)CC1. The highest BCUT2D eigenvalue weighted by molar-refractivity contribution is 5.52. The molecule has 1 atom stereocenters. The maximum Gasteiger partial charge on any atom is 0.171 e. The van der Waals surface area contributed by atoms with Crippen molar-refractivity contribution in [3.05, 3.63) is 18.3 Å². The maximum absolute atomic E-state index is 9.67. The van der Waals surface area contributed by atoms with Gasteiger partial charge >= 0.3 is 0 Å². The lowest BCUT2D eigenvalue weighted by molar-refractivity contribution is 0.0952. The first-order valence-corrected chi connectivity index (χ1v) is 10.0. The molecule has 5 heteroatoms. The van der Waals surface area contributed by atoms with Crippen LogP contribution in [0, 0.1) is 5.92 Å². The smallest absolute Gasteiger partial charge is 0.171 e. The normalized spacial score (nSPS) is 30.8. The topological polar surface area (TPSA) is 48.8 Å². The lowest BCUT2D eigenvalue weighted by Crippen LogP contribution is -2.32. The van der Waals surface area contributed by atoms with Crippen molar-refractivity contribution in [1.82, 2.24) is 9.88 Å². The van der Waals surface area contributed by atoms with Crippen LogP contribution in [0.5, 0.6) is 5.75 Å². The molecular weight excluding hydrogens is 314 g/mol. The molecule has 1 N–H and O–H groups in total. The summed E-state index contributed by atoms with van der Waals surface area (Å²) in [6, 6.07) is 4.06. The minimum atomic E-state index is -0.0551. The Morgan fingerprint density at radius 1 is 1.08 bits per heavy atom. The molecule has 3 aliphatic rings. The predicted molar refractivity (Wildman–Crippen MR) is 99.1 cm³/mol. The van der Waals surface area contributed by atoms with Gasteiger partial charge in [-0.1, -0.05) is 0 Å². The van der Waals surface area contributed by atoms with Crippen LogP contribution in [0.2, 0.25) is 0 Å². The number of hydrogen-bond acceptors (Lipinski definition) is 5. The van der Waals surface area contributed by atoms with Gasteiger partial charge in [0.25, 0.3) is 0 Å². The first-order valence-electron chi connectivity index (χ1n) is 10.0. The molecule has 1 aromatic heterocycles. The fourth-order valence-electron chi connectivity index (χ4n) is 4.57. The molecule has 4 rings (SSSR count). The number of anilines is 1. The minimum Gasteiger partial charge on any atom is -0.485 e. The van der Waals surface area contributed by atoms with Gasteiger partial charge in [0, 0.05) is 38.9 Å². The maximum atomic E-state index is 9.67. The zero-order valence-corrected chi connectivity index (χ0v) is 15.1. The Balaban J connectivity index is 1.31. The first-order chi connectivity index (χ1) is 12.3. The molecule has 1 unspecified atom stereocenters. The summed E-state index contributed by atoms with van der Waals surface area (Å²) in [5.74, 6) is 2.73. The predicted octanol–water partition coefficient (Wildman–Crippen LogP) is 2.69. The van der Waals surface area contributed by atoms with E-state index in [2.05, 4.69) is 20.9 Å². The fourth-order valence-corrected chi connectivity index (χ4v) is 4.57. The van der Waals surface area contributed by atoms with Crippen LogP contribution in [0.25, 0.3) is 0 Å². The third kappa shape index (κ3) is 4.26. The second kappa shape index (κ2) is 7.92. The van der Waals surface area contributed by atoms with Crippen molar-refractivity contribution < 1.29 is 9.84 Å². The van der Waals surface area contributed by atoms with E-state index in [0.717, 1.165) is 62.9 Å². The lowest BCUT2D eigenvalue weighted by atomic mass is 9.87. The van der Waals surface area contributed by atoms with Gasteiger partial charge in [0.05, 0.1) is 6.10 Å². The number of pyridine rings is 1. The Morgan fingerprint density at radius 3 is 2.68 bits per heavy atom. The zero-order valence-electron chi connectivity index (χ0n) is 15.1. The molecule has 2 saturated heterocycles. The number of rotatable bonds is 5. The number of aliphatic hydroxyl groups is 1. The molecule has 0 radical (unpaired) electrons. The molecule has 138 valence electrons. The Labute approximate surface area is 151 Å². The number of ether oxygens (including phenoxy) is 1. The molecule has 1 aromatic rings. The van der Waals surface area contributed by atoms with Gasteiger partial charge in [-0.05, 0) is 63.0 Å². The van der Waals surface area contributed by atoms with E-state index >= 15 is 0 Å². The summed E-state index contributed by atoms with van der Waals surface area (Å²) in [6.45, 7) is 5.50. The van der Waals surface area contributed by atoms with E-state index < -0.39 is 0 Å². The van der Waals surface area contributed by atoms with E-state index in [0.29, 0.717) is 0 Å². The van der Waals surface area contributed by atoms with Gasteiger partial charge < -0.3 is 14.7 Å². The highest BCUT2D eigenvalue weighted by atomic mass is 16.5. The Bertz CT molecular complexity index is 554. The zero-order chi connectivity index (χ0) is 17.1. The monoisotopic (exact) mass is 345 g/mol. The van der Waals surface area contributed by atoms with Crippen molar-refractivity contribution in [3.63, 3.8) is 0 Å². The van der Waals surface area contributed by atoms with E-state index in [-0.39, 0.29) is 12.2 Å². The average Bonchev–Trinajstić information content (AvgIpc) is 3.30. The highest BCUT2D eigenvalue weighted by Crippen LogP contribution is 2.31. The van der Waals surface area contributed by atoms with Gasteiger partial charge in [-0.15, -0.1) is 0 Å². The summed E-state index contributed by atoms with van der Waals surface area (Å²) >= 11 is 0. The largest absolute Gasteiger partial charge is 0.485 e. The Morgan fingerprint density at radius 2 is 1.88 bits per heavy atom. The average molecular weight is 345 g/mol. The minimum absolute atomic E-state index is 0.0551. The van der Waals surface area contributed by atoms with Gasteiger partial charge in [-0.3, -0.25) is 4.90 Å². The summed E-state index contributed by atoms with van der Waals surface area (Å²) in [5.41, 5.74) is 0. The van der Waals surface area contributed by atoms with Crippen LogP contribution >= 0.6 is 0 Å². The molecule has 0 aromatic carbocycles. The summed E-state index contributed by atoms with van der Waals surface area (Å²) in [4.78, 5) is 9.50. The Hall–Kier alpha value is -1.33. The number of aliphatic hydroxyl groups excluding tert-OH is 1. The quantitative estimate of drug-likeness (QED) is 0.889. The van der Waals surface area contributed by atoms with E-state index in [1.807, 2.05) is 12.3 Å². The van der Waals surface area contributed by atoms with Crippen molar-refractivity contribution in [1.29, 1.82) is 0 Å². The third-order valence-corrected chi connectivity index (χ3v) is 6.01. The van der Waals surface area contributed by atoms with Crippen molar-refractivity contribution in [3.8, 4) is 5.75 Å². The van der Waals surface area contributed by atoms with Crippen molar-refractivity contribution >= 4 is 5.82 Å². The standard InChI is InChI=1S/C20H31N3O2/c24-17-7-5-16(6-8-17)14-22-13-9-18(15-22)25-19-4-3-10-21-20(19)23-11-1-2-12-23/h3-4,10,16-18,24H,1-2,5-9,11-15H2. The van der Waals surface area contributed by atoms with Crippen LogP contribution in [-0.2, 0) is 0 Å². The molecule has 2 aliphatic heterocycles. The molecule has 0 spiro atoms. The summed E-state index contributed by atoms with van der Waals surface area (Å²) in [5, 5.41) is 9.67. The molecule has 25 heavy (non-hydrogen) atoms. The molecule has 3 fully saturated rings. The lowest BCUT2D eigenvalue weighted by Gasteiger charge is -2.29. The molecule has 1 saturated carbocycles. The highest BCUT2D eigenvalue weighted by Gasteiger charge is 2.29. The molecule has 3 heterocycles. The van der Waals surface area contributed by atoms with Crippen LogP contribution in [0.15, 0.2) is 18.3 Å². The first kappa shape index (κ1) is 17.1. The van der Waals surface area contributed by atoms with E-state index in [1.54, 1.807) is 0 Å². The van der Waals surface area contributed by atoms with E-state index in [9.17, 15) is 5.11 Å². The molecule has 1 aliphatic carbocycles. The second-order valence-electron chi connectivity index (χ2n) is 7.98. The number of likely N-dealkylation sites (tertiary alicyclic amines) is 1. The van der Waals surface area contributed by atoms with E-state index in [1.165, 1.54) is 32.2 Å². The Kier molecular flexibility index (Phi) is 5.42. The molecule has 0 bridgehead atoms. The number of aromatic nitrogens is 1. The van der Waals surface area contributed by atoms with Gasteiger partial charge in [0.15, 0.2) is 11.6 Å². The van der Waals surface area contributed by atoms with Gasteiger partial charge in [0.1, 0.15) is 6.10 Å². The third-order valence-electron chi connectivity index (χ3n) is 6.01. The summed E-state index contributed by atoms with van der Waals surface area (Å²) in [7, 11) is 0. The summed E-state index contributed by atoms with van der Waals surface area (Å²) < 4.78 is 6.37. The summed E-state index contributed by atoms with van der Waals surface area (Å²) in [6.07, 6.45) is 10.0. The van der Waals surface area contributed by atoms with Gasteiger partial charge in [-0.25, -0.2) is 4.98 Å². The van der Waals surface area contributed by atoms with Crippen molar-refractivity contribution in [2.75, 3.05) is 37.6 Å². The van der Waals surface area contributed by atoms with Crippen molar-refractivity contribution in [2.45, 2.75) is 57.2 Å². The van der Waals surface area contributed by atoms with Gasteiger partial charge in [0.2, 0.25) is 0 Å². The van der Waals surface area contributed by atoms with Crippen molar-refractivity contribution in [2.24, 2.45) is 5.92 Å². The van der Waals surface area contributed by atoms with Crippen LogP contribution in [0.1, 0.15) is 44.9 Å². The van der Waals surface area contributed by atoms with Crippen LogP contribution in [0.3, 0.4) is 0 Å². The van der Waals surface area contributed by atoms with E-state index in [4.69, 9.17) is 4.74 Å². The van der Waals surface area contributed by atoms with Gasteiger partial charge in [-0.2, -0.15) is 0 Å².